The summed E-state index contributed by atoms with van der Waals surface area (Å²) in [7, 11) is 0. The fourth-order valence-corrected chi connectivity index (χ4v) is 2.60. The van der Waals surface area contributed by atoms with Gasteiger partial charge in [-0.3, -0.25) is 14.9 Å². The molecule has 6 nitrogen and oxygen atoms in total. The standard InChI is InChI=1S/C14H17ClN2O4/c1-9-7-16(14(2,3)8-21-9)13(18)10-5-4-6-11(15)12(10)17(19)20/h4-6,9H,7-8H2,1-3H3/t9-/m1/s1. The molecule has 0 radical (unpaired) electrons. The number of carbonyl (C=O) groups is 1. The summed E-state index contributed by atoms with van der Waals surface area (Å²) >= 11 is 5.87. The van der Waals surface area contributed by atoms with Gasteiger partial charge in [-0.15, -0.1) is 0 Å². The third-order valence-electron chi connectivity index (χ3n) is 3.54. The van der Waals surface area contributed by atoms with Gasteiger partial charge in [-0.2, -0.15) is 0 Å². The number of hydrogen-bond donors (Lipinski definition) is 0. The zero-order chi connectivity index (χ0) is 15.8. The predicted octanol–water partition coefficient (Wildman–Crippen LogP) is 2.89. The smallest absolute Gasteiger partial charge is 0.300 e. The Labute approximate surface area is 127 Å². The van der Waals surface area contributed by atoms with Crippen molar-refractivity contribution in [2.75, 3.05) is 13.2 Å². The molecule has 1 atom stereocenters. The van der Waals surface area contributed by atoms with Crippen LogP contribution in [0.3, 0.4) is 0 Å². The number of nitro benzene ring substituents is 1. The first-order valence-electron chi connectivity index (χ1n) is 6.60. The molecule has 0 spiro atoms. The average Bonchev–Trinajstić information content (AvgIpc) is 2.40. The van der Waals surface area contributed by atoms with Gasteiger partial charge in [0, 0.05) is 6.54 Å². The van der Waals surface area contributed by atoms with E-state index >= 15 is 0 Å². The van der Waals surface area contributed by atoms with Gasteiger partial charge in [-0.1, -0.05) is 17.7 Å². The molecule has 0 saturated carbocycles. The summed E-state index contributed by atoms with van der Waals surface area (Å²) < 4.78 is 5.56. The van der Waals surface area contributed by atoms with Gasteiger partial charge in [0.25, 0.3) is 5.91 Å². The summed E-state index contributed by atoms with van der Waals surface area (Å²) in [5.74, 6) is -0.399. The number of para-hydroxylation sites is 1. The van der Waals surface area contributed by atoms with E-state index in [1.54, 1.807) is 11.0 Å². The number of hydrogen-bond acceptors (Lipinski definition) is 4. The lowest BCUT2D eigenvalue weighted by molar-refractivity contribution is -0.385. The molecular formula is C14H17ClN2O4. The highest BCUT2D eigenvalue weighted by Crippen LogP contribution is 2.32. The lowest BCUT2D eigenvalue weighted by atomic mass is 9.99. The lowest BCUT2D eigenvalue weighted by Gasteiger charge is -2.44. The van der Waals surface area contributed by atoms with Crippen LogP contribution in [0.25, 0.3) is 0 Å². The largest absolute Gasteiger partial charge is 0.374 e. The number of nitrogens with zero attached hydrogens (tertiary/aromatic N) is 2. The number of nitro groups is 1. The van der Waals surface area contributed by atoms with Crippen molar-refractivity contribution in [2.24, 2.45) is 0 Å². The Bertz CT molecular complexity index is 588. The highest BCUT2D eigenvalue weighted by molar-refractivity contribution is 6.33. The Morgan fingerprint density at radius 1 is 1.52 bits per heavy atom. The Kier molecular flexibility index (Phi) is 4.20. The Morgan fingerprint density at radius 2 is 2.19 bits per heavy atom. The zero-order valence-electron chi connectivity index (χ0n) is 12.1. The van der Waals surface area contributed by atoms with Gasteiger partial charge in [0.15, 0.2) is 0 Å². The van der Waals surface area contributed by atoms with E-state index < -0.39 is 16.4 Å². The maximum Gasteiger partial charge on any atom is 0.300 e. The van der Waals surface area contributed by atoms with E-state index in [0.717, 1.165) is 0 Å². The summed E-state index contributed by atoms with van der Waals surface area (Å²) in [6.45, 7) is 6.37. The SMILES string of the molecule is C[C@@H]1CN(C(=O)c2cccc(Cl)c2[N+](=O)[O-])C(C)(C)CO1. The minimum atomic E-state index is -0.619. The minimum Gasteiger partial charge on any atom is -0.374 e. The van der Waals surface area contributed by atoms with Crippen LogP contribution < -0.4 is 0 Å². The van der Waals surface area contributed by atoms with E-state index in [0.29, 0.717) is 13.2 Å². The lowest BCUT2D eigenvalue weighted by Crippen LogP contribution is -2.57. The van der Waals surface area contributed by atoms with Gasteiger partial charge in [0.05, 0.1) is 23.2 Å². The molecule has 0 aromatic heterocycles. The Morgan fingerprint density at radius 3 is 2.81 bits per heavy atom. The molecular weight excluding hydrogens is 296 g/mol. The van der Waals surface area contributed by atoms with Crippen LogP contribution in [0.4, 0.5) is 5.69 Å². The second-order valence-electron chi connectivity index (χ2n) is 5.74. The van der Waals surface area contributed by atoms with Crippen LogP contribution in [-0.2, 0) is 4.74 Å². The van der Waals surface area contributed by atoms with Crippen molar-refractivity contribution in [1.82, 2.24) is 4.90 Å². The summed E-state index contributed by atoms with van der Waals surface area (Å²) in [4.78, 5) is 24.9. The third-order valence-corrected chi connectivity index (χ3v) is 3.84. The van der Waals surface area contributed by atoms with Crippen LogP contribution >= 0.6 is 11.6 Å². The summed E-state index contributed by atoms with van der Waals surface area (Å²) in [6.07, 6.45) is -0.111. The van der Waals surface area contributed by atoms with Gasteiger partial charge in [-0.05, 0) is 32.9 Å². The van der Waals surface area contributed by atoms with Crippen LogP contribution in [0.5, 0.6) is 0 Å². The molecule has 0 aliphatic carbocycles. The molecule has 1 aromatic rings. The maximum atomic E-state index is 12.7. The number of carbonyl (C=O) groups excluding carboxylic acids is 1. The summed E-state index contributed by atoms with van der Waals surface area (Å²) in [5, 5.41) is 11.1. The second-order valence-corrected chi connectivity index (χ2v) is 6.15. The number of amides is 1. The molecule has 1 amide bonds. The van der Waals surface area contributed by atoms with Gasteiger partial charge in [0.2, 0.25) is 0 Å². The van der Waals surface area contributed by atoms with E-state index in [1.807, 2.05) is 20.8 Å². The molecule has 1 aromatic carbocycles. The van der Waals surface area contributed by atoms with Gasteiger partial charge in [-0.25, -0.2) is 0 Å². The topological polar surface area (TPSA) is 72.7 Å². The van der Waals surface area contributed by atoms with Crippen molar-refractivity contribution in [1.29, 1.82) is 0 Å². The molecule has 114 valence electrons. The van der Waals surface area contributed by atoms with Crippen LogP contribution in [0, 0.1) is 10.1 Å². The first-order valence-corrected chi connectivity index (χ1v) is 6.98. The molecule has 1 fully saturated rings. The van der Waals surface area contributed by atoms with E-state index in [4.69, 9.17) is 16.3 Å². The van der Waals surface area contributed by atoms with Gasteiger partial charge >= 0.3 is 5.69 Å². The number of benzene rings is 1. The number of ether oxygens (including phenoxy) is 1. The molecule has 0 unspecified atom stereocenters. The summed E-state index contributed by atoms with van der Waals surface area (Å²) in [6, 6.07) is 4.38. The molecule has 1 heterocycles. The van der Waals surface area contributed by atoms with Crippen molar-refractivity contribution in [3.63, 3.8) is 0 Å². The van der Waals surface area contributed by atoms with E-state index in [9.17, 15) is 14.9 Å². The van der Waals surface area contributed by atoms with Gasteiger partial charge in [0.1, 0.15) is 10.6 Å². The molecule has 1 aliphatic heterocycles. The maximum absolute atomic E-state index is 12.7. The quantitative estimate of drug-likeness (QED) is 0.621. The van der Waals surface area contributed by atoms with Crippen molar-refractivity contribution < 1.29 is 14.5 Å². The van der Waals surface area contributed by atoms with Crippen LogP contribution in [0.1, 0.15) is 31.1 Å². The minimum absolute atomic E-state index is 0.00896. The van der Waals surface area contributed by atoms with Crippen LogP contribution in [0.15, 0.2) is 18.2 Å². The van der Waals surface area contributed by atoms with Crippen LogP contribution in [0.2, 0.25) is 5.02 Å². The van der Waals surface area contributed by atoms with E-state index in [1.165, 1.54) is 12.1 Å². The molecule has 2 rings (SSSR count). The third kappa shape index (κ3) is 3.01. The van der Waals surface area contributed by atoms with Crippen molar-refractivity contribution in [3.8, 4) is 0 Å². The Balaban J connectivity index is 2.44. The summed E-state index contributed by atoms with van der Waals surface area (Å²) in [5.41, 5.74) is -0.867. The van der Waals surface area contributed by atoms with Crippen LogP contribution in [-0.4, -0.2) is 40.5 Å². The normalized spacial score (nSPS) is 21.1. The Hall–Kier alpha value is -1.66. The van der Waals surface area contributed by atoms with E-state index in [2.05, 4.69) is 0 Å². The molecule has 1 saturated heterocycles. The fourth-order valence-electron chi connectivity index (χ4n) is 2.36. The highest BCUT2D eigenvalue weighted by atomic mass is 35.5. The molecule has 0 bridgehead atoms. The number of morpholine rings is 1. The fraction of sp³-hybridized carbons (Fsp3) is 0.500. The van der Waals surface area contributed by atoms with Crippen molar-refractivity contribution in [2.45, 2.75) is 32.4 Å². The average molecular weight is 313 g/mol. The van der Waals surface area contributed by atoms with Gasteiger partial charge < -0.3 is 9.64 Å². The zero-order valence-corrected chi connectivity index (χ0v) is 12.9. The number of rotatable bonds is 2. The molecule has 0 N–H and O–H groups in total. The molecule has 1 aliphatic rings. The molecule has 7 heteroatoms. The molecule has 21 heavy (non-hydrogen) atoms. The number of halogens is 1. The first-order chi connectivity index (χ1) is 9.74. The predicted molar refractivity (Wildman–Crippen MR) is 78.6 cm³/mol. The highest BCUT2D eigenvalue weighted by Gasteiger charge is 2.39. The van der Waals surface area contributed by atoms with Crippen molar-refractivity contribution >= 4 is 23.2 Å². The monoisotopic (exact) mass is 312 g/mol. The van der Waals surface area contributed by atoms with E-state index in [-0.39, 0.29) is 22.4 Å². The van der Waals surface area contributed by atoms with Crippen molar-refractivity contribution in [3.05, 3.63) is 38.9 Å². The second kappa shape index (κ2) is 5.61. The first kappa shape index (κ1) is 15.7.